The van der Waals surface area contributed by atoms with E-state index >= 15 is 0 Å². The van der Waals surface area contributed by atoms with Crippen LogP contribution >= 0.6 is 0 Å². The Hall–Kier alpha value is -2.63. The number of likely N-dealkylation sites (tertiary alicyclic amines) is 2. The highest BCUT2D eigenvalue weighted by atomic mass is 16.2. The average Bonchev–Trinajstić information content (AvgIpc) is 3.17. The lowest BCUT2D eigenvalue weighted by molar-refractivity contribution is -0.136. The van der Waals surface area contributed by atoms with Gasteiger partial charge >= 0.3 is 0 Å². The van der Waals surface area contributed by atoms with Crippen LogP contribution in [0.2, 0.25) is 0 Å². The Kier molecular flexibility index (Phi) is 4.68. The van der Waals surface area contributed by atoms with Crippen LogP contribution in [-0.4, -0.2) is 57.3 Å². The maximum atomic E-state index is 13.7. The third-order valence-corrected chi connectivity index (χ3v) is 7.14. The number of hydrogen-bond donors (Lipinski definition) is 0. The van der Waals surface area contributed by atoms with Gasteiger partial charge in [-0.25, -0.2) is 4.98 Å². The minimum absolute atomic E-state index is 0.00853. The molecule has 158 valence electrons. The molecular weight excluding hydrogens is 376 g/mol. The van der Waals surface area contributed by atoms with E-state index in [1.54, 1.807) is 0 Å². The lowest BCUT2D eigenvalue weighted by Crippen LogP contribution is -2.41. The molecule has 6 heteroatoms. The van der Waals surface area contributed by atoms with E-state index < -0.39 is 5.41 Å². The predicted octanol–water partition coefficient (Wildman–Crippen LogP) is 3.33. The molecule has 30 heavy (non-hydrogen) atoms. The first-order valence-corrected chi connectivity index (χ1v) is 11.1. The van der Waals surface area contributed by atoms with E-state index in [4.69, 9.17) is 4.98 Å². The van der Waals surface area contributed by atoms with Gasteiger partial charge in [0.15, 0.2) is 0 Å². The summed E-state index contributed by atoms with van der Waals surface area (Å²) in [6.45, 7) is 6.95. The first-order valence-electron chi connectivity index (χ1n) is 11.1. The molecule has 1 spiro atoms. The first-order chi connectivity index (χ1) is 14.5. The number of carbonyl (C=O) groups is 2. The molecule has 1 aromatic carbocycles. The molecule has 0 radical (unpaired) electrons. The average molecular weight is 407 g/mol. The number of imidazole rings is 1. The van der Waals surface area contributed by atoms with Crippen molar-refractivity contribution in [2.24, 2.45) is 11.3 Å². The second-order valence-corrected chi connectivity index (χ2v) is 9.54. The number of carbonyl (C=O) groups excluding carboxylic acids is 2. The maximum Gasteiger partial charge on any atom is 0.253 e. The lowest BCUT2D eigenvalue weighted by atomic mass is 9.75. The van der Waals surface area contributed by atoms with Crippen LogP contribution in [0.1, 0.15) is 61.1 Å². The van der Waals surface area contributed by atoms with Gasteiger partial charge in [-0.05, 0) is 51.2 Å². The Balaban J connectivity index is 1.47. The van der Waals surface area contributed by atoms with E-state index in [1.807, 2.05) is 41.6 Å². The summed E-state index contributed by atoms with van der Waals surface area (Å²) in [6, 6.07) is 9.71. The molecule has 1 aliphatic carbocycles. The topological polar surface area (TPSA) is 58.4 Å². The molecule has 2 aliphatic heterocycles. The molecule has 2 saturated heterocycles. The lowest BCUT2D eigenvalue weighted by Gasteiger charge is -2.28. The van der Waals surface area contributed by atoms with Crippen LogP contribution in [-0.2, 0) is 4.79 Å². The SMILES string of the molecule is CC(C)n1cnc([C@H]2CN(C(=O)c3ccccc3)C[C@]23CCN(CC2CC2)C3=O)c1. The molecule has 2 amide bonds. The van der Waals surface area contributed by atoms with Crippen LogP contribution in [0.25, 0.3) is 0 Å². The normalized spacial score (nSPS) is 26.4. The Labute approximate surface area is 177 Å². The zero-order chi connectivity index (χ0) is 20.9. The molecule has 3 heterocycles. The van der Waals surface area contributed by atoms with Gasteiger partial charge < -0.3 is 14.4 Å². The Morgan fingerprint density at radius 3 is 2.67 bits per heavy atom. The van der Waals surface area contributed by atoms with Crippen LogP contribution in [0.4, 0.5) is 0 Å². The number of rotatable bonds is 5. The third kappa shape index (κ3) is 3.22. The smallest absolute Gasteiger partial charge is 0.253 e. The summed E-state index contributed by atoms with van der Waals surface area (Å²) in [7, 11) is 0. The van der Waals surface area contributed by atoms with Crippen molar-refractivity contribution in [1.82, 2.24) is 19.4 Å². The molecule has 0 bridgehead atoms. The molecule has 0 N–H and O–H groups in total. The van der Waals surface area contributed by atoms with E-state index in [0.717, 1.165) is 25.2 Å². The van der Waals surface area contributed by atoms with E-state index in [9.17, 15) is 9.59 Å². The van der Waals surface area contributed by atoms with Crippen molar-refractivity contribution >= 4 is 11.8 Å². The summed E-state index contributed by atoms with van der Waals surface area (Å²) in [4.78, 5) is 35.5. The van der Waals surface area contributed by atoms with E-state index in [2.05, 4.69) is 29.5 Å². The highest BCUT2D eigenvalue weighted by molar-refractivity contribution is 5.96. The fourth-order valence-electron chi connectivity index (χ4n) is 5.13. The highest BCUT2D eigenvalue weighted by Gasteiger charge is 2.59. The summed E-state index contributed by atoms with van der Waals surface area (Å²) in [5.74, 6) is 0.851. The number of amides is 2. The Morgan fingerprint density at radius 1 is 1.23 bits per heavy atom. The zero-order valence-electron chi connectivity index (χ0n) is 17.8. The van der Waals surface area contributed by atoms with Gasteiger partial charge in [-0.3, -0.25) is 9.59 Å². The van der Waals surface area contributed by atoms with Crippen molar-refractivity contribution in [3.63, 3.8) is 0 Å². The fourth-order valence-corrected chi connectivity index (χ4v) is 5.13. The van der Waals surface area contributed by atoms with Crippen molar-refractivity contribution in [2.75, 3.05) is 26.2 Å². The summed E-state index contributed by atoms with van der Waals surface area (Å²) < 4.78 is 2.09. The van der Waals surface area contributed by atoms with Gasteiger partial charge in [0.25, 0.3) is 5.91 Å². The predicted molar refractivity (Wildman–Crippen MR) is 114 cm³/mol. The van der Waals surface area contributed by atoms with Crippen LogP contribution in [0.5, 0.6) is 0 Å². The summed E-state index contributed by atoms with van der Waals surface area (Å²) in [5, 5.41) is 0. The molecule has 2 aromatic rings. The fraction of sp³-hybridized carbons (Fsp3) is 0.542. The Morgan fingerprint density at radius 2 is 2.00 bits per heavy atom. The van der Waals surface area contributed by atoms with Crippen LogP contribution in [0.15, 0.2) is 42.9 Å². The van der Waals surface area contributed by atoms with Gasteiger partial charge in [0, 0.05) is 49.9 Å². The molecule has 3 aliphatic rings. The highest BCUT2D eigenvalue weighted by Crippen LogP contribution is 2.50. The molecule has 6 nitrogen and oxygen atoms in total. The number of nitrogens with zero attached hydrogens (tertiary/aromatic N) is 4. The van der Waals surface area contributed by atoms with E-state index in [1.165, 1.54) is 12.8 Å². The van der Waals surface area contributed by atoms with E-state index in [0.29, 0.717) is 30.6 Å². The van der Waals surface area contributed by atoms with Crippen molar-refractivity contribution in [2.45, 2.75) is 45.1 Å². The number of hydrogen-bond acceptors (Lipinski definition) is 3. The number of aromatic nitrogens is 2. The zero-order valence-corrected chi connectivity index (χ0v) is 17.8. The van der Waals surface area contributed by atoms with Crippen molar-refractivity contribution < 1.29 is 9.59 Å². The molecular formula is C24H30N4O2. The van der Waals surface area contributed by atoms with Crippen LogP contribution < -0.4 is 0 Å². The summed E-state index contributed by atoms with van der Waals surface area (Å²) in [5.41, 5.74) is 1.07. The van der Waals surface area contributed by atoms with Crippen molar-refractivity contribution in [3.05, 3.63) is 54.1 Å². The minimum Gasteiger partial charge on any atom is -0.342 e. The third-order valence-electron chi connectivity index (χ3n) is 7.14. The number of benzene rings is 1. The first kappa shape index (κ1) is 19.3. The van der Waals surface area contributed by atoms with Gasteiger partial charge in [-0.1, -0.05) is 18.2 Å². The standard InChI is InChI=1S/C24H30N4O2/c1-17(2)28-14-21(25-16-28)20-13-27(22(29)19-6-4-3-5-7-19)15-24(20)10-11-26(23(24)30)12-18-8-9-18/h3-7,14,16-18,20H,8-13,15H2,1-2H3/t20-,24-/m1/s1. The molecule has 1 saturated carbocycles. The van der Waals surface area contributed by atoms with Gasteiger partial charge in [-0.15, -0.1) is 0 Å². The van der Waals surface area contributed by atoms with Gasteiger partial charge in [-0.2, -0.15) is 0 Å². The molecule has 2 atom stereocenters. The second-order valence-electron chi connectivity index (χ2n) is 9.54. The Bertz CT molecular complexity index is 949. The molecule has 0 unspecified atom stereocenters. The van der Waals surface area contributed by atoms with Crippen LogP contribution in [0, 0.1) is 11.3 Å². The monoisotopic (exact) mass is 406 g/mol. The summed E-state index contributed by atoms with van der Waals surface area (Å²) in [6.07, 6.45) is 7.20. The van der Waals surface area contributed by atoms with Crippen molar-refractivity contribution in [3.8, 4) is 0 Å². The van der Waals surface area contributed by atoms with Gasteiger partial charge in [0.2, 0.25) is 5.91 Å². The minimum atomic E-state index is -0.546. The summed E-state index contributed by atoms with van der Waals surface area (Å²) >= 11 is 0. The second kappa shape index (κ2) is 7.25. The molecule has 5 rings (SSSR count). The molecule has 1 aromatic heterocycles. The van der Waals surface area contributed by atoms with E-state index in [-0.39, 0.29) is 17.7 Å². The largest absolute Gasteiger partial charge is 0.342 e. The maximum absolute atomic E-state index is 13.7. The van der Waals surface area contributed by atoms with Gasteiger partial charge in [0.05, 0.1) is 17.4 Å². The van der Waals surface area contributed by atoms with Crippen molar-refractivity contribution in [1.29, 1.82) is 0 Å². The quantitative estimate of drug-likeness (QED) is 0.765. The van der Waals surface area contributed by atoms with Gasteiger partial charge in [0.1, 0.15) is 0 Å². The molecule has 3 fully saturated rings. The van der Waals surface area contributed by atoms with Crippen LogP contribution in [0.3, 0.4) is 0 Å².